The summed E-state index contributed by atoms with van der Waals surface area (Å²) in [5.74, 6) is 0. The molecule has 1 nitrogen and oxygen atoms in total. The fourth-order valence-electron chi connectivity index (χ4n) is 2.36. The maximum absolute atomic E-state index is 12.6. The van der Waals surface area contributed by atoms with Crippen molar-refractivity contribution < 1.29 is 18.0 Å². The summed E-state index contributed by atoms with van der Waals surface area (Å²) in [6.45, 7) is 5.32. The van der Waals surface area contributed by atoms with E-state index < -0.39 is 23.3 Å². The second-order valence-corrected chi connectivity index (χ2v) is 5.75. The van der Waals surface area contributed by atoms with Crippen molar-refractivity contribution in [2.45, 2.75) is 65.5 Å². The molecule has 0 aromatic heterocycles. The topological polar surface area (TPSA) is 17.1 Å². The minimum atomic E-state index is -4.15. The monoisotopic (exact) mass is 298 g/mol. The van der Waals surface area contributed by atoms with Crippen LogP contribution < -0.4 is 0 Å². The quantitative estimate of drug-likeness (QED) is 0.419. The first-order chi connectivity index (χ1) is 8.62. The number of hydrogen-bond donors (Lipinski definition) is 0. The van der Waals surface area contributed by atoms with Gasteiger partial charge in [-0.15, -0.1) is 0 Å². The summed E-state index contributed by atoms with van der Waals surface area (Å²) in [4.78, 5) is 10.8. The summed E-state index contributed by atoms with van der Waals surface area (Å²) in [6.07, 6.45) is -0.898. The van der Waals surface area contributed by atoms with Crippen molar-refractivity contribution in [1.29, 1.82) is 0 Å². The highest BCUT2D eigenvalue weighted by Gasteiger charge is 2.38. The van der Waals surface area contributed by atoms with Crippen molar-refractivity contribution in [2.75, 3.05) is 0 Å². The standard InChI is InChI=1S/C14H22ClF3O/c1-4-7-13(3,10-14(16,17)18)8-6-11(5-2)9-12(15)19/h5H,4,6-10H2,1-3H3/b11-5+. The highest BCUT2D eigenvalue weighted by Crippen LogP contribution is 2.41. The van der Waals surface area contributed by atoms with Crippen molar-refractivity contribution in [3.63, 3.8) is 0 Å². The number of hydrogen-bond acceptors (Lipinski definition) is 1. The molecule has 5 heteroatoms. The van der Waals surface area contributed by atoms with Gasteiger partial charge in [0.05, 0.1) is 0 Å². The minimum absolute atomic E-state index is 0.117. The molecule has 0 aromatic rings. The fraction of sp³-hybridized carbons (Fsp3) is 0.786. The lowest BCUT2D eigenvalue weighted by molar-refractivity contribution is -0.158. The SMILES string of the molecule is C/C=C(\CCC(C)(CCC)CC(F)(F)F)CC(=O)Cl. The van der Waals surface area contributed by atoms with Crippen LogP contribution in [0.4, 0.5) is 13.2 Å². The highest BCUT2D eigenvalue weighted by atomic mass is 35.5. The van der Waals surface area contributed by atoms with Crippen LogP contribution in [-0.4, -0.2) is 11.4 Å². The zero-order chi connectivity index (χ0) is 15.1. The van der Waals surface area contributed by atoms with Crippen molar-refractivity contribution in [3.05, 3.63) is 11.6 Å². The Labute approximate surface area is 118 Å². The molecule has 1 unspecified atom stereocenters. The number of allylic oxidation sites excluding steroid dienone is 2. The van der Waals surface area contributed by atoms with Crippen LogP contribution in [0.3, 0.4) is 0 Å². The summed E-state index contributed by atoms with van der Waals surface area (Å²) in [6, 6.07) is 0. The highest BCUT2D eigenvalue weighted by molar-refractivity contribution is 6.63. The molecule has 0 aromatic carbocycles. The van der Waals surface area contributed by atoms with Crippen molar-refractivity contribution >= 4 is 16.8 Å². The Morgan fingerprint density at radius 3 is 2.21 bits per heavy atom. The molecule has 0 rings (SSSR count). The summed E-state index contributed by atoms with van der Waals surface area (Å²) < 4.78 is 37.8. The van der Waals surface area contributed by atoms with Crippen molar-refractivity contribution in [3.8, 4) is 0 Å². The van der Waals surface area contributed by atoms with E-state index in [9.17, 15) is 18.0 Å². The second kappa shape index (κ2) is 7.93. The third-order valence-corrected chi connectivity index (χ3v) is 3.44. The van der Waals surface area contributed by atoms with Gasteiger partial charge < -0.3 is 0 Å². The lowest BCUT2D eigenvalue weighted by Crippen LogP contribution is -2.25. The predicted octanol–water partition coefficient (Wildman–Crippen LogP) is 5.63. The zero-order valence-corrected chi connectivity index (χ0v) is 12.5. The fourth-order valence-corrected chi connectivity index (χ4v) is 2.54. The molecule has 0 saturated heterocycles. The van der Waals surface area contributed by atoms with E-state index in [2.05, 4.69) is 0 Å². The van der Waals surface area contributed by atoms with Crippen LogP contribution in [0.1, 0.15) is 59.3 Å². The molecule has 0 N–H and O–H groups in total. The van der Waals surface area contributed by atoms with Gasteiger partial charge in [-0.05, 0) is 43.2 Å². The van der Waals surface area contributed by atoms with Gasteiger partial charge in [-0.25, -0.2) is 0 Å². The van der Waals surface area contributed by atoms with Crippen LogP contribution in [0.25, 0.3) is 0 Å². The maximum atomic E-state index is 12.6. The number of halogens is 4. The zero-order valence-electron chi connectivity index (χ0n) is 11.7. The van der Waals surface area contributed by atoms with Gasteiger partial charge in [0.15, 0.2) is 0 Å². The first-order valence-electron chi connectivity index (χ1n) is 6.51. The first kappa shape index (κ1) is 18.5. The molecule has 0 aliphatic rings. The normalized spacial score (nSPS) is 16.3. The Morgan fingerprint density at radius 2 is 1.84 bits per heavy atom. The molecule has 0 aliphatic carbocycles. The van der Waals surface area contributed by atoms with Gasteiger partial charge in [0.1, 0.15) is 0 Å². The van der Waals surface area contributed by atoms with Crippen molar-refractivity contribution in [1.82, 2.24) is 0 Å². The van der Waals surface area contributed by atoms with E-state index in [1.807, 2.05) is 6.92 Å². The molecule has 0 spiro atoms. The molecule has 0 heterocycles. The van der Waals surface area contributed by atoms with Gasteiger partial charge in [0, 0.05) is 12.8 Å². The van der Waals surface area contributed by atoms with Crippen LogP contribution >= 0.6 is 11.6 Å². The molecular weight excluding hydrogens is 277 g/mol. The summed E-state index contributed by atoms with van der Waals surface area (Å²) >= 11 is 5.31. The van der Waals surface area contributed by atoms with Crippen LogP contribution in [0.15, 0.2) is 11.6 Å². The molecule has 0 radical (unpaired) electrons. The van der Waals surface area contributed by atoms with E-state index in [0.717, 1.165) is 5.57 Å². The Morgan fingerprint density at radius 1 is 1.26 bits per heavy atom. The second-order valence-electron chi connectivity index (χ2n) is 5.33. The summed E-state index contributed by atoms with van der Waals surface area (Å²) in [5.41, 5.74) is 0.0425. The molecule has 0 aliphatic heterocycles. The van der Waals surface area contributed by atoms with E-state index in [1.54, 1.807) is 19.9 Å². The van der Waals surface area contributed by atoms with Crippen LogP contribution in [0.2, 0.25) is 0 Å². The Balaban J connectivity index is 4.62. The van der Waals surface area contributed by atoms with Gasteiger partial charge in [0.2, 0.25) is 5.24 Å². The molecule has 0 saturated carbocycles. The van der Waals surface area contributed by atoms with Crippen LogP contribution in [0.5, 0.6) is 0 Å². The third kappa shape index (κ3) is 9.09. The van der Waals surface area contributed by atoms with Gasteiger partial charge >= 0.3 is 6.18 Å². The van der Waals surface area contributed by atoms with E-state index in [1.165, 1.54) is 0 Å². The van der Waals surface area contributed by atoms with E-state index in [4.69, 9.17) is 11.6 Å². The van der Waals surface area contributed by atoms with E-state index >= 15 is 0 Å². The number of carbonyl (C=O) groups excluding carboxylic acids is 1. The summed E-state index contributed by atoms with van der Waals surface area (Å²) in [5, 5.41) is -0.471. The molecule has 0 amide bonds. The van der Waals surface area contributed by atoms with Gasteiger partial charge in [-0.3, -0.25) is 4.79 Å². The van der Waals surface area contributed by atoms with E-state index in [-0.39, 0.29) is 6.42 Å². The number of carbonyl (C=O) groups is 1. The average molecular weight is 299 g/mol. The smallest absolute Gasteiger partial charge is 0.281 e. The molecule has 19 heavy (non-hydrogen) atoms. The summed E-state index contributed by atoms with van der Waals surface area (Å²) in [7, 11) is 0. The Bertz CT molecular complexity index is 323. The minimum Gasteiger partial charge on any atom is -0.281 e. The van der Waals surface area contributed by atoms with Crippen LogP contribution in [0, 0.1) is 5.41 Å². The third-order valence-electron chi connectivity index (χ3n) is 3.30. The van der Waals surface area contributed by atoms with E-state index in [0.29, 0.717) is 25.7 Å². The Hall–Kier alpha value is -0.510. The van der Waals surface area contributed by atoms with Gasteiger partial charge in [-0.2, -0.15) is 13.2 Å². The first-order valence-corrected chi connectivity index (χ1v) is 6.89. The van der Waals surface area contributed by atoms with Gasteiger partial charge in [-0.1, -0.05) is 31.9 Å². The molecule has 0 fully saturated rings. The van der Waals surface area contributed by atoms with Crippen LogP contribution in [-0.2, 0) is 4.79 Å². The molecule has 0 bridgehead atoms. The number of rotatable bonds is 8. The van der Waals surface area contributed by atoms with Crippen molar-refractivity contribution in [2.24, 2.45) is 5.41 Å². The molecular formula is C14H22ClF3O. The number of alkyl halides is 3. The lowest BCUT2D eigenvalue weighted by atomic mass is 9.77. The molecule has 112 valence electrons. The largest absolute Gasteiger partial charge is 0.389 e. The predicted molar refractivity (Wildman–Crippen MR) is 72.2 cm³/mol. The average Bonchev–Trinajstić information content (AvgIpc) is 2.21. The maximum Gasteiger partial charge on any atom is 0.389 e. The Kier molecular flexibility index (Phi) is 7.72. The molecule has 1 atom stereocenters. The van der Waals surface area contributed by atoms with Gasteiger partial charge in [0.25, 0.3) is 0 Å². The lowest BCUT2D eigenvalue weighted by Gasteiger charge is -2.30.